The molecule has 3 nitrogen and oxygen atoms in total. The second-order valence-corrected chi connectivity index (χ2v) is 3.36. The van der Waals surface area contributed by atoms with Crippen molar-refractivity contribution in [2.24, 2.45) is 0 Å². The van der Waals surface area contributed by atoms with Gasteiger partial charge in [0.15, 0.2) is 5.75 Å². The van der Waals surface area contributed by atoms with Crippen LogP contribution in [0.25, 0.3) is 0 Å². The average Bonchev–Trinajstić information content (AvgIpc) is 1.94. The van der Waals surface area contributed by atoms with Gasteiger partial charge in [0.1, 0.15) is 0 Å². The van der Waals surface area contributed by atoms with Crippen LogP contribution in [-0.2, 0) is 11.0 Å². The van der Waals surface area contributed by atoms with Gasteiger partial charge in [-0.05, 0) is 18.2 Å². The van der Waals surface area contributed by atoms with E-state index in [1.807, 2.05) is 0 Å². The summed E-state index contributed by atoms with van der Waals surface area (Å²) in [6.45, 7) is 0. The van der Waals surface area contributed by atoms with E-state index >= 15 is 0 Å². The maximum atomic E-state index is 10.1. The van der Waals surface area contributed by atoms with Crippen LogP contribution in [0.1, 0.15) is 0 Å². The molecule has 0 bridgehead atoms. The minimum atomic E-state index is -2.93. The van der Waals surface area contributed by atoms with Gasteiger partial charge < -0.3 is 4.18 Å². The van der Waals surface area contributed by atoms with Gasteiger partial charge >= 0.3 is 29.6 Å². The predicted octanol–water partition coefficient (Wildman–Crippen LogP) is 1.25. The summed E-state index contributed by atoms with van der Waals surface area (Å²) < 4.78 is 24.6. The van der Waals surface area contributed by atoms with Crippen LogP contribution in [0.2, 0.25) is 10.0 Å². The standard InChI is InChI=1S/C6H4Cl2O3S.Na.H/c7-4-1-2-6(5(8)3-4)11-12(9)10;;/h1-3,12H;;. The summed E-state index contributed by atoms with van der Waals surface area (Å²) in [6, 6.07) is 4.27. The van der Waals surface area contributed by atoms with Crippen LogP contribution in [0.3, 0.4) is 0 Å². The van der Waals surface area contributed by atoms with Gasteiger partial charge in [0.2, 0.25) is 0 Å². The summed E-state index contributed by atoms with van der Waals surface area (Å²) in [5, 5.41) is 0.593. The fraction of sp³-hybridized carbons (Fsp3) is 0. The number of hydrogen-bond donors (Lipinski definition) is 1. The molecule has 0 N–H and O–H groups in total. The molecule has 0 aliphatic rings. The summed E-state index contributed by atoms with van der Waals surface area (Å²) in [5.41, 5.74) is 0. The SMILES string of the molecule is O=[SH](=O)Oc1ccc(Cl)cc1Cl.[NaH]. The molecule has 1 rings (SSSR count). The Morgan fingerprint density at radius 3 is 2.31 bits per heavy atom. The number of halogens is 2. The summed E-state index contributed by atoms with van der Waals surface area (Å²) in [4.78, 5) is 0. The number of rotatable bonds is 2. The fourth-order valence-corrected chi connectivity index (χ4v) is 1.45. The van der Waals surface area contributed by atoms with Gasteiger partial charge in [0.25, 0.3) is 11.0 Å². The molecule has 0 saturated carbocycles. The third kappa shape index (κ3) is 4.54. The second-order valence-electron chi connectivity index (χ2n) is 1.89. The molecule has 0 heterocycles. The zero-order chi connectivity index (χ0) is 9.14. The Labute approximate surface area is 109 Å². The van der Waals surface area contributed by atoms with Gasteiger partial charge in [-0.3, -0.25) is 0 Å². The van der Waals surface area contributed by atoms with E-state index in [9.17, 15) is 8.42 Å². The van der Waals surface area contributed by atoms with Crippen molar-refractivity contribution in [2.45, 2.75) is 0 Å². The molecule has 0 amide bonds. The monoisotopic (exact) mass is 250 g/mol. The van der Waals surface area contributed by atoms with Crippen LogP contribution in [-0.4, -0.2) is 38.0 Å². The third-order valence-electron chi connectivity index (χ3n) is 1.07. The Balaban J connectivity index is 0.00000144. The first-order chi connectivity index (χ1) is 5.59. The Morgan fingerprint density at radius 1 is 1.23 bits per heavy atom. The molecule has 0 unspecified atom stereocenters. The third-order valence-corrected chi connectivity index (χ3v) is 1.94. The van der Waals surface area contributed by atoms with Crippen molar-refractivity contribution < 1.29 is 12.6 Å². The average molecular weight is 251 g/mol. The van der Waals surface area contributed by atoms with E-state index in [1.54, 1.807) is 0 Å². The number of hydrogen-bond acceptors (Lipinski definition) is 3. The molecule has 0 fully saturated rings. The van der Waals surface area contributed by atoms with Gasteiger partial charge in [-0.2, -0.15) is 8.42 Å². The van der Waals surface area contributed by atoms with Crippen LogP contribution in [0, 0.1) is 0 Å². The molecule has 0 radical (unpaired) electrons. The molecule has 0 aromatic heterocycles. The fourth-order valence-electron chi connectivity index (χ4n) is 0.630. The summed E-state index contributed by atoms with van der Waals surface area (Å²) in [5.74, 6) is 0.0807. The van der Waals surface area contributed by atoms with Crippen molar-refractivity contribution in [1.82, 2.24) is 0 Å². The first-order valence-corrected chi connectivity index (χ1v) is 4.72. The molecular weight excluding hydrogens is 246 g/mol. The molecule has 0 aliphatic carbocycles. The Hall–Kier alpha value is 0.550. The molecule has 0 aliphatic heterocycles. The van der Waals surface area contributed by atoms with Crippen LogP contribution >= 0.6 is 23.2 Å². The molecule has 68 valence electrons. The number of benzene rings is 1. The van der Waals surface area contributed by atoms with Crippen LogP contribution in [0.4, 0.5) is 0 Å². The quantitative estimate of drug-likeness (QED) is 0.635. The minimum absolute atomic E-state index is 0. The van der Waals surface area contributed by atoms with Gasteiger partial charge in [-0.1, -0.05) is 23.2 Å². The van der Waals surface area contributed by atoms with E-state index in [2.05, 4.69) is 4.18 Å². The molecule has 0 atom stereocenters. The topological polar surface area (TPSA) is 43.4 Å². The Kier molecular flexibility index (Phi) is 6.37. The predicted molar refractivity (Wildman–Crippen MR) is 54.6 cm³/mol. The van der Waals surface area contributed by atoms with E-state index < -0.39 is 11.0 Å². The molecule has 7 heteroatoms. The molecule has 0 spiro atoms. The van der Waals surface area contributed by atoms with Gasteiger partial charge in [-0.15, -0.1) is 0 Å². The summed E-state index contributed by atoms with van der Waals surface area (Å²) in [7, 11) is -2.93. The van der Waals surface area contributed by atoms with Crippen molar-refractivity contribution in [3.8, 4) is 5.75 Å². The molecule has 13 heavy (non-hydrogen) atoms. The Morgan fingerprint density at radius 2 is 1.85 bits per heavy atom. The zero-order valence-corrected chi connectivity index (χ0v) is 8.07. The Bertz CT molecular complexity index is 359. The first-order valence-electron chi connectivity index (χ1n) is 2.87. The van der Waals surface area contributed by atoms with Crippen molar-refractivity contribution in [3.05, 3.63) is 28.2 Å². The van der Waals surface area contributed by atoms with Gasteiger partial charge in [-0.25, -0.2) is 0 Å². The van der Waals surface area contributed by atoms with E-state index in [0.29, 0.717) is 5.02 Å². The van der Waals surface area contributed by atoms with Gasteiger partial charge in [0, 0.05) is 5.02 Å². The van der Waals surface area contributed by atoms with Gasteiger partial charge in [0.05, 0.1) is 5.02 Å². The maximum absolute atomic E-state index is 10.1. The van der Waals surface area contributed by atoms with Crippen molar-refractivity contribution in [1.29, 1.82) is 0 Å². The normalized spacial score (nSPS) is 9.46. The van der Waals surface area contributed by atoms with E-state index in [4.69, 9.17) is 23.2 Å². The second kappa shape index (κ2) is 6.11. The van der Waals surface area contributed by atoms with Crippen LogP contribution in [0.5, 0.6) is 5.75 Å². The number of thiol groups is 1. The summed E-state index contributed by atoms with van der Waals surface area (Å²) >= 11 is 11.2. The van der Waals surface area contributed by atoms with E-state index in [0.717, 1.165) is 0 Å². The van der Waals surface area contributed by atoms with Crippen molar-refractivity contribution in [3.63, 3.8) is 0 Å². The van der Waals surface area contributed by atoms with E-state index in [-0.39, 0.29) is 40.3 Å². The summed E-state index contributed by atoms with van der Waals surface area (Å²) in [6.07, 6.45) is 0. The molecule has 1 aromatic carbocycles. The first kappa shape index (κ1) is 13.5. The van der Waals surface area contributed by atoms with Crippen molar-refractivity contribution in [2.75, 3.05) is 0 Å². The van der Waals surface area contributed by atoms with Crippen LogP contribution < -0.4 is 4.18 Å². The van der Waals surface area contributed by atoms with Crippen LogP contribution in [0.15, 0.2) is 18.2 Å². The molecular formula is C6H5Cl2NaO3S. The van der Waals surface area contributed by atoms with Crippen molar-refractivity contribution >= 4 is 63.7 Å². The molecule has 0 saturated heterocycles. The van der Waals surface area contributed by atoms with E-state index in [1.165, 1.54) is 18.2 Å². The molecule has 1 aromatic rings. The zero-order valence-electron chi connectivity index (χ0n) is 5.66.